The SMILES string of the molecule is Nc1ncn([C@@H]2O[C@@H](COCc3ccccc3)[C@H](OCc3ccccc3)[C@@H]2OCc2ccccc2)c(=O)n1. The third kappa shape index (κ3) is 6.51. The van der Waals surface area contributed by atoms with E-state index in [4.69, 9.17) is 24.7 Å². The fourth-order valence-corrected chi connectivity index (χ4v) is 4.38. The number of nitrogen functional groups attached to an aromatic ring is 1. The average molecular weight is 515 g/mol. The number of anilines is 1. The molecule has 4 aromatic rings. The van der Waals surface area contributed by atoms with Crippen LogP contribution in [-0.4, -0.2) is 39.5 Å². The molecule has 0 amide bonds. The minimum absolute atomic E-state index is 0.106. The normalized spacial score (nSPS) is 20.9. The van der Waals surface area contributed by atoms with Crippen molar-refractivity contribution in [2.45, 2.75) is 44.4 Å². The summed E-state index contributed by atoms with van der Waals surface area (Å²) in [6.45, 7) is 1.30. The first kappa shape index (κ1) is 25.7. The second kappa shape index (κ2) is 12.6. The van der Waals surface area contributed by atoms with Gasteiger partial charge in [-0.25, -0.2) is 9.78 Å². The Morgan fingerprint density at radius 1 is 0.763 bits per heavy atom. The van der Waals surface area contributed by atoms with Crippen LogP contribution in [0.15, 0.2) is 102 Å². The van der Waals surface area contributed by atoms with Crippen LogP contribution in [0.1, 0.15) is 22.9 Å². The molecule has 38 heavy (non-hydrogen) atoms. The molecular formula is C29H30N4O5. The summed E-state index contributed by atoms with van der Waals surface area (Å²) >= 11 is 0. The molecule has 0 bridgehead atoms. The molecule has 1 fully saturated rings. The number of hydrogen-bond acceptors (Lipinski definition) is 8. The number of hydrogen-bond donors (Lipinski definition) is 1. The van der Waals surface area contributed by atoms with Gasteiger partial charge >= 0.3 is 5.69 Å². The Labute approximate surface area is 220 Å². The maximum Gasteiger partial charge on any atom is 0.354 e. The topological polar surface area (TPSA) is 111 Å². The molecule has 0 aliphatic carbocycles. The fourth-order valence-electron chi connectivity index (χ4n) is 4.38. The summed E-state index contributed by atoms with van der Waals surface area (Å²) in [6, 6.07) is 29.5. The Kier molecular flexibility index (Phi) is 8.52. The standard InChI is InChI=1S/C29H30N4O5/c30-28-31-20-33(29(34)32-28)27-26(37-18-23-14-8-3-9-15-23)25(36-17-22-12-6-2-7-13-22)24(38-27)19-35-16-21-10-4-1-5-11-21/h1-15,20,24-27H,16-19H2,(H2,30,32,34)/t24-,25-,26-,27+/m0/s1. The second-order valence-electron chi connectivity index (χ2n) is 8.99. The third-order valence-corrected chi connectivity index (χ3v) is 6.27. The summed E-state index contributed by atoms with van der Waals surface area (Å²) in [4.78, 5) is 20.6. The van der Waals surface area contributed by atoms with Crippen molar-refractivity contribution in [2.75, 3.05) is 12.3 Å². The monoisotopic (exact) mass is 514 g/mol. The van der Waals surface area contributed by atoms with E-state index < -0.39 is 30.2 Å². The van der Waals surface area contributed by atoms with Gasteiger partial charge in [-0.3, -0.25) is 4.57 Å². The van der Waals surface area contributed by atoms with Gasteiger partial charge in [0.2, 0.25) is 5.95 Å². The molecule has 9 nitrogen and oxygen atoms in total. The van der Waals surface area contributed by atoms with Gasteiger partial charge in [-0.2, -0.15) is 4.98 Å². The van der Waals surface area contributed by atoms with Crippen molar-refractivity contribution < 1.29 is 18.9 Å². The minimum atomic E-state index is -0.835. The number of nitrogens with zero attached hydrogens (tertiary/aromatic N) is 3. The number of benzene rings is 3. The van der Waals surface area contributed by atoms with Gasteiger partial charge in [0.1, 0.15) is 24.6 Å². The summed E-state index contributed by atoms with van der Waals surface area (Å²) in [6.07, 6.45) is -1.20. The van der Waals surface area contributed by atoms with E-state index >= 15 is 0 Å². The Bertz CT molecular complexity index is 1340. The lowest BCUT2D eigenvalue weighted by Gasteiger charge is -2.25. The van der Waals surface area contributed by atoms with E-state index in [2.05, 4.69) is 9.97 Å². The highest BCUT2D eigenvalue weighted by Crippen LogP contribution is 2.34. The molecule has 1 aromatic heterocycles. The van der Waals surface area contributed by atoms with Crippen LogP contribution < -0.4 is 11.4 Å². The van der Waals surface area contributed by atoms with Crippen LogP contribution in [0.4, 0.5) is 5.95 Å². The zero-order chi connectivity index (χ0) is 26.2. The highest BCUT2D eigenvalue weighted by molar-refractivity contribution is 5.16. The Morgan fingerprint density at radius 3 is 1.84 bits per heavy atom. The first-order chi connectivity index (χ1) is 18.7. The highest BCUT2D eigenvalue weighted by atomic mass is 16.6. The van der Waals surface area contributed by atoms with E-state index in [1.165, 1.54) is 10.9 Å². The van der Waals surface area contributed by atoms with Crippen molar-refractivity contribution in [2.24, 2.45) is 0 Å². The van der Waals surface area contributed by atoms with Gasteiger partial charge in [0.05, 0.1) is 26.4 Å². The summed E-state index contributed by atoms with van der Waals surface area (Å²) < 4.78 is 26.5. The number of aromatic nitrogens is 3. The van der Waals surface area contributed by atoms with Gasteiger partial charge in [0, 0.05) is 0 Å². The van der Waals surface area contributed by atoms with Gasteiger partial charge < -0.3 is 24.7 Å². The zero-order valence-electron chi connectivity index (χ0n) is 20.8. The van der Waals surface area contributed by atoms with E-state index in [9.17, 15) is 4.79 Å². The average Bonchev–Trinajstić information content (AvgIpc) is 3.29. The number of rotatable bonds is 11. The van der Waals surface area contributed by atoms with Crippen molar-refractivity contribution in [3.63, 3.8) is 0 Å². The molecule has 0 saturated carbocycles. The quantitative estimate of drug-likeness (QED) is 0.324. The molecule has 0 radical (unpaired) electrons. The predicted octanol–water partition coefficient (Wildman–Crippen LogP) is 3.51. The zero-order valence-corrected chi connectivity index (χ0v) is 20.8. The molecule has 0 unspecified atom stereocenters. The van der Waals surface area contributed by atoms with Gasteiger partial charge in [-0.05, 0) is 16.7 Å². The van der Waals surface area contributed by atoms with E-state index in [0.717, 1.165) is 16.7 Å². The van der Waals surface area contributed by atoms with E-state index in [1.54, 1.807) is 0 Å². The summed E-state index contributed by atoms with van der Waals surface area (Å²) in [5.41, 5.74) is 8.09. The molecule has 3 aromatic carbocycles. The predicted molar refractivity (Wildman–Crippen MR) is 141 cm³/mol. The number of ether oxygens (including phenoxy) is 4. The molecule has 196 valence electrons. The first-order valence-corrected chi connectivity index (χ1v) is 12.5. The third-order valence-electron chi connectivity index (χ3n) is 6.27. The van der Waals surface area contributed by atoms with Crippen molar-refractivity contribution in [1.82, 2.24) is 14.5 Å². The lowest BCUT2D eigenvalue weighted by Crippen LogP contribution is -2.40. The lowest BCUT2D eigenvalue weighted by atomic mass is 10.1. The van der Waals surface area contributed by atoms with Gasteiger partial charge in [0.25, 0.3) is 0 Å². The number of nitrogens with two attached hydrogens (primary N) is 1. The van der Waals surface area contributed by atoms with Crippen LogP contribution in [-0.2, 0) is 38.8 Å². The van der Waals surface area contributed by atoms with Gasteiger partial charge in [-0.1, -0.05) is 91.0 Å². The van der Waals surface area contributed by atoms with Crippen LogP contribution >= 0.6 is 0 Å². The molecule has 9 heteroatoms. The second-order valence-corrected chi connectivity index (χ2v) is 8.99. The van der Waals surface area contributed by atoms with Crippen LogP contribution in [0, 0.1) is 0 Å². The van der Waals surface area contributed by atoms with Crippen molar-refractivity contribution in [3.05, 3.63) is 124 Å². The lowest BCUT2D eigenvalue weighted by molar-refractivity contribution is -0.0922. The largest absolute Gasteiger partial charge is 0.374 e. The van der Waals surface area contributed by atoms with Crippen LogP contribution in [0.2, 0.25) is 0 Å². The van der Waals surface area contributed by atoms with Crippen molar-refractivity contribution >= 4 is 5.95 Å². The molecule has 2 heterocycles. The smallest absolute Gasteiger partial charge is 0.354 e. The summed E-state index contributed by atoms with van der Waals surface area (Å²) in [5, 5.41) is 0. The van der Waals surface area contributed by atoms with E-state index in [-0.39, 0.29) is 12.6 Å². The molecule has 2 N–H and O–H groups in total. The maximum atomic E-state index is 12.8. The molecule has 1 aliphatic rings. The van der Waals surface area contributed by atoms with Crippen LogP contribution in [0.5, 0.6) is 0 Å². The van der Waals surface area contributed by atoms with E-state index in [0.29, 0.717) is 19.8 Å². The molecule has 0 spiro atoms. The highest BCUT2D eigenvalue weighted by Gasteiger charge is 2.48. The Hall–Kier alpha value is -3.89. The van der Waals surface area contributed by atoms with E-state index in [1.807, 2.05) is 91.0 Å². The maximum absolute atomic E-state index is 12.8. The van der Waals surface area contributed by atoms with Crippen LogP contribution in [0.3, 0.4) is 0 Å². The molecule has 5 rings (SSSR count). The van der Waals surface area contributed by atoms with Gasteiger partial charge in [-0.15, -0.1) is 0 Å². The van der Waals surface area contributed by atoms with Crippen molar-refractivity contribution in [1.29, 1.82) is 0 Å². The minimum Gasteiger partial charge on any atom is -0.374 e. The first-order valence-electron chi connectivity index (χ1n) is 12.5. The molecule has 4 atom stereocenters. The summed E-state index contributed by atoms with van der Waals surface area (Å²) in [5.74, 6) is -0.106. The summed E-state index contributed by atoms with van der Waals surface area (Å²) in [7, 11) is 0. The fraction of sp³-hybridized carbons (Fsp3) is 0.276. The molecule has 1 aliphatic heterocycles. The van der Waals surface area contributed by atoms with Crippen molar-refractivity contribution in [3.8, 4) is 0 Å². The Balaban J connectivity index is 1.40. The Morgan fingerprint density at radius 2 is 1.29 bits per heavy atom. The van der Waals surface area contributed by atoms with Crippen LogP contribution in [0.25, 0.3) is 0 Å². The molecule has 1 saturated heterocycles. The van der Waals surface area contributed by atoms with Gasteiger partial charge in [0.15, 0.2) is 6.23 Å². The molecular weight excluding hydrogens is 484 g/mol.